The summed E-state index contributed by atoms with van der Waals surface area (Å²) in [5, 5.41) is 10.4. The van der Waals surface area contributed by atoms with Gasteiger partial charge < -0.3 is 14.6 Å². The van der Waals surface area contributed by atoms with Crippen LogP contribution in [0.4, 0.5) is 0 Å². The monoisotopic (exact) mass is 384 g/mol. The average Bonchev–Trinajstić information content (AvgIpc) is 2.92. The van der Waals surface area contributed by atoms with Crippen molar-refractivity contribution < 1.29 is 14.6 Å². The number of nitrogens with zero attached hydrogens (tertiary/aromatic N) is 2. The largest absolute Gasteiger partial charge is 0.497 e. The van der Waals surface area contributed by atoms with Crippen LogP contribution in [0, 0.1) is 6.92 Å². The second-order valence-corrected chi connectivity index (χ2v) is 7.56. The number of benzene rings is 2. The van der Waals surface area contributed by atoms with Crippen LogP contribution < -0.4 is 9.47 Å². The molecule has 5 nitrogen and oxygen atoms in total. The SMILES string of the molecule is COc1ccc(CN2CCCN(CC(O)COc3cccc(C)c3)CC2)cc1. The van der Waals surface area contributed by atoms with E-state index < -0.39 is 6.10 Å². The van der Waals surface area contributed by atoms with Crippen molar-refractivity contribution in [1.82, 2.24) is 9.80 Å². The summed E-state index contributed by atoms with van der Waals surface area (Å²) in [6, 6.07) is 16.2. The number of aliphatic hydroxyl groups is 1. The minimum Gasteiger partial charge on any atom is -0.497 e. The molecule has 1 unspecified atom stereocenters. The van der Waals surface area contributed by atoms with Crippen molar-refractivity contribution in [3.05, 3.63) is 59.7 Å². The highest BCUT2D eigenvalue weighted by atomic mass is 16.5. The van der Waals surface area contributed by atoms with Crippen molar-refractivity contribution in [2.24, 2.45) is 0 Å². The average molecular weight is 385 g/mol. The van der Waals surface area contributed by atoms with Crippen LogP contribution in [-0.2, 0) is 6.54 Å². The minimum absolute atomic E-state index is 0.329. The lowest BCUT2D eigenvalue weighted by molar-refractivity contribution is 0.0692. The van der Waals surface area contributed by atoms with Gasteiger partial charge in [0.05, 0.1) is 7.11 Å². The van der Waals surface area contributed by atoms with Gasteiger partial charge in [0, 0.05) is 26.2 Å². The first-order chi connectivity index (χ1) is 13.6. The van der Waals surface area contributed by atoms with Gasteiger partial charge in [-0.05, 0) is 61.8 Å². The number of rotatable bonds is 8. The molecule has 1 atom stereocenters. The molecule has 1 fully saturated rings. The normalized spacial score (nSPS) is 17.1. The number of methoxy groups -OCH3 is 1. The van der Waals surface area contributed by atoms with Crippen LogP contribution in [0.15, 0.2) is 48.5 Å². The number of hydrogen-bond donors (Lipinski definition) is 1. The lowest BCUT2D eigenvalue weighted by atomic mass is 10.2. The van der Waals surface area contributed by atoms with E-state index in [1.165, 1.54) is 5.56 Å². The smallest absolute Gasteiger partial charge is 0.119 e. The third-order valence-electron chi connectivity index (χ3n) is 5.15. The van der Waals surface area contributed by atoms with Gasteiger partial charge >= 0.3 is 0 Å². The lowest BCUT2D eigenvalue weighted by Gasteiger charge is -2.24. The summed E-state index contributed by atoms with van der Waals surface area (Å²) in [4.78, 5) is 4.83. The van der Waals surface area contributed by atoms with Crippen molar-refractivity contribution in [1.29, 1.82) is 0 Å². The second kappa shape index (κ2) is 10.5. The first-order valence-electron chi connectivity index (χ1n) is 10.1. The van der Waals surface area contributed by atoms with Crippen molar-refractivity contribution in [2.45, 2.75) is 26.0 Å². The maximum Gasteiger partial charge on any atom is 0.119 e. The van der Waals surface area contributed by atoms with Crippen molar-refractivity contribution >= 4 is 0 Å². The van der Waals surface area contributed by atoms with Crippen LogP contribution in [0.3, 0.4) is 0 Å². The maximum atomic E-state index is 10.4. The highest BCUT2D eigenvalue weighted by molar-refractivity contribution is 5.28. The quantitative estimate of drug-likeness (QED) is 0.758. The highest BCUT2D eigenvalue weighted by Gasteiger charge is 2.18. The van der Waals surface area contributed by atoms with Gasteiger partial charge in [0.15, 0.2) is 0 Å². The molecule has 0 bridgehead atoms. The third-order valence-corrected chi connectivity index (χ3v) is 5.15. The van der Waals surface area contributed by atoms with E-state index in [-0.39, 0.29) is 0 Å². The molecule has 2 aromatic rings. The zero-order valence-corrected chi connectivity index (χ0v) is 17.0. The fourth-order valence-electron chi connectivity index (χ4n) is 3.60. The molecule has 0 amide bonds. The summed E-state index contributed by atoms with van der Waals surface area (Å²) in [6.07, 6.45) is 0.635. The Morgan fingerprint density at radius 3 is 2.46 bits per heavy atom. The molecule has 1 aliphatic heterocycles. The predicted octanol–water partition coefficient (Wildman–Crippen LogP) is 2.95. The van der Waals surface area contributed by atoms with Crippen LogP contribution >= 0.6 is 0 Å². The Labute approximate surface area is 168 Å². The van der Waals surface area contributed by atoms with Gasteiger partial charge in [-0.2, -0.15) is 0 Å². The summed E-state index contributed by atoms with van der Waals surface area (Å²) < 4.78 is 11.0. The highest BCUT2D eigenvalue weighted by Crippen LogP contribution is 2.15. The molecule has 0 aromatic heterocycles. The summed E-state index contributed by atoms with van der Waals surface area (Å²) in [6.45, 7) is 8.06. The molecule has 152 valence electrons. The lowest BCUT2D eigenvalue weighted by Crippen LogP contribution is -2.38. The topological polar surface area (TPSA) is 45.2 Å². The first-order valence-corrected chi connectivity index (χ1v) is 10.1. The molecule has 5 heteroatoms. The van der Waals surface area contributed by atoms with Crippen LogP contribution in [-0.4, -0.2) is 67.5 Å². The second-order valence-electron chi connectivity index (χ2n) is 7.56. The summed E-state index contributed by atoms with van der Waals surface area (Å²) in [7, 11) is 1.69. The molecule has 28 heavy (non-hydrogen) atoms. The molecule has 2 aromatic carbocycles. The van der Waals surface area contributed by atoms with Crippen LogP contribution in [0.5, 0.6) is 11.5 Å². The molecule has 3 rings (SSSR count). The van der Waals surface area contributed by atoms with E-state index in [1.54, 1.807) is 7.11 Å². The van der Waals surface area contributed by atoms with Gasteiger partial charge in [0.25, 0.3) is 0 Å². The van der Waals surface area contributed by atoms with Gasteiger partial charge in [-0.1, -0.05) is 24.3 Å². The number of aryl methyl sites for hydroxylation is 1. The van der Waals surface area contributed by atoms with Crippen molar-refractivity contribution in [3.63, 3.8) is 0 Å². The Kier molecular flexibility index (Phi) is 7.71. The molecule has 0 aliphatic carbocycles. The zero-order chi connectivity index (χ0) is 19.8. The Morgan fingerprint density at radius 2 is 1.71 bits per heavy atom. The van der Waals surface area contributed by atoms with Crippen molar-refractivity contribution in [2.75, 3.05) is 46.4 Å². The molecule has 0 radical (unpaired) electrons. The number of β-amino-alcohol motifs (C(OH)–C–C–N with tert-alkyl or cyclic N) is 1. The van der Waals surface area contributed by atoms with E-state index in [0.29, 0.717) is 13.2 Å². The van der Waals surface area contributed by atoms with E-state index in [1.807, 2.05) is 43.3 Å². The Bertz CT molecular complexity index is 720. The Balaban J connectivity index is 1.41. The zero-order valence-electron chi connectivity index (χ0n) is 17.0. The van der Waals surface area contributed by atoms with E-state index in [9.17, 15) is 5.11 Å². The fraction of sp³-hybridized carbons (Fsp3) is 0.478. The molecule has 0 spiro atoms. The Morgan fingerprint density at radius 1 is 0.964 bits per heavy atom. The van der Waals surface area contributed by atoms with Gasteiger partial charge in [0.2, 0.25) is 0 Å². The Hall–Kier alpha value is -2.08. The van der Waals surface area contributed by atoms with Gasteiger partial charge in [0.1, 0.15) is 24.2 Å². The van der Waals surface area contributed by atoms with Gasteiger partial charge in [-0.25, -0.2) is 0 Å². The van der Waals surface area contributed by atoms with Crippen molar-refractivity contribution in [3.8, 4) is 11.5 Å². The van der Waals surface area contributed by atoms with Crippen LogP contribution in [0.1, 0.15) is 17.5 Å². The molecule has 1 saturated heterocycles. The molecule has 1 heterocycles. The summed E-state index contributed by atoms with van der Waals surface area (Å²) in [5.41, 5.74) is 2.47. The van der Waals surface area contributed by atoms with Crippen LogP contribution in [0.25, 0.3) is 0 Å². The summed E-state index contributed by atoms with van der Waals surface area (Å²) >= 11 is 0. The van der Waals surface area contributed by atoms with Gasteiger partial charge in [-0.3, -0.25) is 9.80 Å². The first kappa shape index (κ1) is 20.6. The number of aliphatic hydroxyl groups excluding tert-OH is 1. The fourth-order valence-corrected chi connectivity index (χ4v) is 3.60. The molecular weight excluding hydrogens is 352 g/mol. The predicted molar refractivity (Wildman–Crippen MR) is 112 cm³/mol. The van der Waals surface area contributed by atoms with E-state index in [4.69, 9.17) is 9.47 Å². The minimum atomic E-state index is -0.478. The van der Waals surface area contributed by atoms with Crippen LogP contribution in [0.2, 0.25) is 0 Å². The molecular formula is C23H32N2O3. The third kappa shape index (κ3) is 6.51. The number of ether oxygens (including phenoxy) is 2. The molecule has 1 aliphatic rings. The molecule has 1 N–H and O–H groups in total. The standard InChI is InChI=1S/C23H32N2O3/c1-19-5-3-6-23(15-19)28-18-21(26)17-25-12-4-11-24(13-14-25)16-20-7-9-22(27-2)10-8-20/h3,5-10,15,21,26H,4,11-14,16-18H2,1-2H3. The summed E-state index contributed by atoms with van der Waals surface area (Å²) in [5.74, 6) is 1.72. The molecule has 0 saturated carbocycles. The van der Waals surface area contributed by atoms with E-state index >= 15 is 0 Å². The van der Waals surface area contributed by atoms with Gasteiger partial charge in [-0.15, -0.1) is 0 Å². The van der Waals surface area contributed by atoms with E-state index in [0.717, 1.165) is 56.2 Å². The maximum absolute atomic E-state index is 10.4. The number of hydrogen-bond acceptors (Lipinski definition) is 5. The van der Waals surface area contributed by atoms with E-state index in [2.05, 4.69) is 21.9 Å².